The van der Waals surface area contributed by atoms with Crippen LogP contribution in [0.3, 0.4) is 0 Å². The number of nitrogens with two attached hydrogens (primary N) is 1. The zero-order chi connectivity index (χ0) is 15.0. The Morgan fingerprint density at radius 2 is 1.81 bits per heavy atom. The third-order valence-electron chi connectivity index (χ3n) is 4.00. The highest BCUT2D eigenvalue weighted by atomic mass is 79.9. The molecule has 0 aliphatic rings. The number of benzene rings is 2. The fourth-order valence-corrected chi connectivity index (χ4v) is 2.89. The minimum Gasteiger partial charge on any atom is -0.328 e. The Morgan fingerprint density at radius 3 is 2.48 bits per heavy atom. The van der Waals surface area contributed by atoms with E-state index in [1.807, 2.05) is 18.5 Å². The maximum atomic E-state index is 6.03. The lowest BCUT2D eigenvalue weighted by molar-refractivity contribution is 0.610. The molecule has 1 aromatic heterocycles. The molecule has 2 N–H and O–H groups in total. The van der Waals surface area contributed by atoms with Crippen molar-refractivity contribution in [2.75, 3.05) is 6.54 Å². The maximum Gasteiger partial charge on any atom is 0.0964 e. The van der Waals surface area contributed by atoms with Gasteiger partial charge in [-0.1, -0.05) is 28.1 Å². The van der Waals surface area contributed by atoms with Crippen molar-refractivity contribution < 1.29 is 0 Å². The molecule has 0 bridgehead atoms. The summed E-state index contributed by atoms with van der Waals surface area (Å²) in [4.78, 5) is 4.53. The Balaban J connectivity index is 2.13. The van der Waals surface area contributed by atoms with Gasteiger partial charge in [0.25, 0.3) is 0 Å². The Bertz CT molecular complexity index is 775. The van der Waals surface area contributed by atoms with Gasteiger partial charge in [-0.3, -0.25) is 0 Å². The molecule has 1 unspecified atom stereocenters. The zero-order valence-electron chi connectivity index (χ0n) is 12.2. The molecule has 0 saturated heterocycles. The topological polar surface area (TPSA) is 43.8 Å². The standard InChI is InChI=1S/C17H18BrN3/c1-11-7-15-16(8-12(11)2)21(10-20-15)17(9-19)13-3-5-14(18)6-4-13/h3-8,10,17H,9,19H2,1-2H3. The van der Waals surface area contributed by atoms with E-state index in [0.29, 0.717) is 6.54 Å². The predicted molar refractivity (Wildman–Crippen MR) is 90.5 cm³/mol. The summed E-state index contributed by atoms with van der Waals surface area (Å²) in [6, 6.07) is 12.7. The van der Waals surface area contributed by atoms with E-state index < -0.39 is 0 Å². The van der Waals surface area contributed by atoms with Crippen molar-refractivity contribution in [3.05, 3.63) is 63.9 Å². The highest BCUT2D eigenvalue weighted by Crippen LogP contribution is 2.26. The highest BCUT2D eigenvalue weighted by molar-refractivity contribution is 9.10. The molecule has 4 heteroatoms. The van der Waals surface area contributed by atoms with Gasteiger partial charge in [0, 0.05) is 11.0 Å². The van der Waals surface area contributed by atoms with Crippen LogP contribution < -0.4 is 5.73 Å². The summed E-state index contributed by atoms with van der Waals surface area (Å²) in [5.74, 6) is 0. The molecule has 1 heterocycles. The fourth-order valence-electron chi connectivity index (χ4n) is 2.63. The molecule has 3 aromatic rings. The van der Waals surface area contributed by atoms with E-state index in [1.54, 1.807) is 0 Å². The molecular weight excluding hydrogens is 326 g/mol. The quantitative estimate of drug-likeness (QED) is 0.781. The lowest BCUT2D eigenvalue weighted by atomic mass is 10.1. The van der Waals surface area contributed by atoms with E-state index in [1.165, 1.54) is 16.7 Å². The Kier molecular flexibility index (Phi) is 3.83. The second-order valence-electron chi connectivity index (χ2n) is 5.38. The molecule has 2 aromatic carbocycles. The average Bonchev–Trinajstić information content (AvgIpc) is 2.85. The van der Waals surface area contributed by atoms with Crippen LogP contribution in [0, 0.1) is 13.8 Å². The van der Waals surface area contributed by atoms with Gasteiger partial charge in [0.05, 0.1) is 23.4 Å². The minimum absolute atomic E-state index is 0.102. The molecule has 3 rings (SSSR count). The fraction of sp³-hybridized carbons (Fsp3) is 0.235. The molecule has 0 aliphatic carbocycles. The van der Waals surface area contributed by atoms with Gasteiger partial charge in [0.15, 0.2) is 0 Å². The summed E-state index contributed by atoms with van der Waals surface area (Å²) in [6.45, 7) is 4.78. The van der Waals surface area contributed by atoms with Crippen LogP contribution in [0.5, 0.6) is 0 Å². The van der Waals surface area contributed by atoms with Gasteiger partial charge in [0.1, 0.15) is 0 Å². The molecule has 21 heavy (non-hydrogen) atoms. The Morgan fingerprint density at radius 1 is 1.14 bits per heavy atom. The second kappa shape index (κ2) is 5.62. The van der Waals surface area contributed by atoms with E-state index in [2.05, 4.69) is 63.6 Å². The Hall–Kier alpha value is -1.65. The van der Waals surface area contributed by atoms with Gasteiger partial charge in [0.2, 0.25) is 0 Å². The van der Waals surface area contributed by atoms with E-state index in [0.717, 1.165) is 15.5 Å². The van der Waals surface area contributed by atoms with Crippen molar-refractivity contribution in [2.45, 2.75) is 19.9 Å². The largest absolute Gasteiger partial charge is 0.328 e. The normalized spacial score (nSPS) is 12.8. The summed E-state index contributed by atoms with van der Waals surface area (Å²) in [7, 11) is 0. The molecule has 0 saturated carbocycles. The second-order valence-corrected chi connectivity index (χ2v) is 6.30. The number of hydrogen-bond donors (Lipinski definition) is 1. The van der Waals surface area contributed by atoms with Gasteiger partial charge >= 0.3 is 0 Å². The Labute approximate surface area is 132 Å². The van der Waals surface area contributed by atoms with Gasteiger partial charge in [-0.25, -0.2) is 4.98 Å². The predicted octanol–water partition coefficient (Wildman–Crippen LogP) is 3.96. The van der Waals surface area contributed by atoms with E-state index >= 15 is 0 Å². The number of nitrogens with zero attached hydrogens (tertiary/aromatic N) is 2. The van der Waals surface area contributed by atoms with Crippen LogP contribution in [0.4, 0.5) is 0 Å². The van der Waals surface area contributed by atoms with Crippen LogP contribution >= 0.6 is 15.9 Å². The number of hydrogen-bond acceptors (Lipinski definition) is 2. The molecule has 0 spiro atoms. The monoisotopic (exact) mass is 343 g/mol. The van der Waals surface area contributed by atoms with E-state index in [9.17, 15) is 0 Å². The van der Waals surface area contributed by atoms with Crippen molar-refractivity contribution in [1.29, 1.82) is 0 Å². The zero-order valence-corrected chi connectivity index (χ0v) is 13.8. The van der Waals surface area contributed by atoms with Crippen molar-refractivity contribution in [3.63, 3.8) is 0 Å². The average molecular weight is 344 g/mol. The van der Waals surface area contributed by atoms with Crippen LogP contribution in [0.1, 0.15) is 22.7 Å². The van der Waals surface area contributed by atoms with Crippen molar-refractivity contribution in [2.24, 2.45) is 5.73 Å². The molecular formula is C17H18BrN3. The van der Waals surface area contributed by atoms with Crippen LogP contribution in [-0.4, -0.2) is 16.1 Å². The number of aryl methyl sites for hydroxylation is 2. The smallest absolute Gasteiger partial charge is 0.0964 e. The number of aromatic nitrogens is 2. The van der Waals surface area contributed by atoms with Gasteiger partial charge in [-0.05, 0) is 54.8 Å². The number of rotatable bonds is 3. The molecule has 0 aliphatic heterocycles. The van der Waals surface area contributed by atoms with Crippen LogP contribution in [0.15, 0.2) is 47.2 Å². The first-order valence-electron chi connectivity index (χ1n) is 6.99. The summed E-state index contributed by atoms with van der Waals surface area (Å²) < 4.78 is 3.24. The van der Waals surface area contributed by atoms with Crippen molar-refractivity contribution in [1.82, 2.24) is 9.55 Å². The first-order chi connectivity index (χ1) is 10.1. The number of fused-ring (bicyclic) bond motifs is 1. The lowest BCUT2D eigenvalue weighted by Crippen LogP contribution is -2.19. The minimum atomic E-state index is 0.102. The van der Waals surface area contributed by atoms with Crippen LogP contribution in [0.2, 0.25) is 0 Å². The van der Waals surface area contributed by atoms with Gasteiger partial charge in [-0.15, -0.1) is 0 Å². The van der Waals surface area contributed by atoms with Gasteiger partial charge < -0.3 is 10.3 Å². The first-order valence-corrected chi connectivity index (χ1v) is 7.79. The molecule has 0 fully saturated rings. The summed E-state index contributed by atoms with van der Waals surface area (Å²) in [5.41, 5.74) is 11.9. The third kappa shape index (κ3) is 2.61. The van der Waals surface area contributed by atoms with Gasteiger partial charge in [-0.2, -0.15) is 0 Å². The molecule has 0 amide bonds. The SMILES string of the molecule is Cc1cc2ncn(C(CN)c3ccc(Br)cc3)c2cc1C. The lowest BCUT2D eigenvalue weighted by Gasteiger charge is -2.18. The molecule has 3 nitrogen and oxygen atoms in total. The maximum absolute atomic E-state index is 6.03. The van der Waals surface area contributed by atoms with Crippen molar-refractivity contribution >= 4 is 27.0 Å². The summed E-state index contributed by atoms with van der Waals surface area (Å²) >= 11 is 3.47. The van der Waals surface area contributed by atoms with E-state index in [-0.39, 0.29) is 6.04 Å². The highest BCUT2D eigenvalue weighted by Gasteiger charge is 2.15. The molecule has 108 valence electrons. The first kappa shape index (κ1) is 14.3. The third-order valence-corrected chi connectivity index (χ3v) is 4.53. The number of imidazole rings is 1. The van der Waals surface area contributed by atoms with Crippen molar-refractivity contribution in [3.8, 4) is 0 Å². The summed E-state index contributed by atoms with van der Waals surface area (Å²) in [6.07, 6.45) is 1.89. The van der Waals surface area contributed by atoms with Crippen LogP contribution in [0.25, 0.3) is 11.0 Å². The van der Waals surface area contributed by atoms with Crippen LogP contribution in [-0.2, 0) is 0 Å². The molecule has 1 atom stereocenters. The van der Waals surface area contributed by atoms with E-state index in [4.69, 9.17) is 5.73 Å². The molecule has 0 radical (unpaired) electrons. The number of halogens is 1. The summed E-state index contributed by atoms with van der Waals surface area (Å²) in [5, 5.41) is 0.